The Morgan fingerprint density at radius 2 is 1.92 bits per heavy atom. The molecule has 0 saturated heterocycles. The smallest absolute Gasteiger partial charge is 0.228 e. The fourth-order valence-electron chi connectivity index (χ4n) is 2.92. The summed E-state index contributed by atoms with van der Waals surface area (Å²) in [6.45, 7) is 0. The molecule has 130 valence electrons. The van der Waals surface area contributed by atoms with Crippen LogP contribution in [0.3, 0.4) is 0 Å². The Morgan fingerprint density at radius 1 is 1.15 bits per heavy atom. The van der Waals surface area contributed by atoms with Gasteiger partial charge in [-0.05, 0) is 42.5 Å². The Labute approximate surface area is 150 Å². The minimum atomic E-state index is -0.111. The van der Waals surface area contributed by atoms with Crippen LogP contribution in [0.1, 0.15) is 5.56 Å². The predicted molar refractivity (Wildman–Crippen MR) is 100 cm³/mol. The van der Waals surface area contributed by atoms with Crippen molar-refractivity contribution in [1.82, 2.24) is 9.97 Å². The molecule has 1 aliphatic rings. The highest BCUT2D eigenvalue weighted by atomic mass is 16.5. The van der Waals surface area contributed by atoms with Gasteiger partial charge < -0.3 is 21.1 Å². The third-order valence-corrected chi connectivity index (χ3v) is 4.16. The zero-order valence-electron chi connectivity index (χ0n) is 14.1. The maximum atomic E-state index is 12.2. The molecule has 3 aromatic rings. The Kier molecular flexibility index (Phi) is 3.89. The van der Waals surface area contributed by atoms with E-state index in [0.29, 0.717) is 11.4 Å². The first-order valence-electron chi connectivity index (χ1n) is 8.09. The van der Waals surface area contributed by atoms with Gasteiger partial charge in [-0.25, -0.2) is 9.97 Å². The first-order chi connectivity index (χ1) is 12.6. The van der Waals surface area contributed by atoms with Crippen LogP contribution < -0.4 is 21.1 Å². The summed E-state index contributed by atoms with van der Waals surface area (Å²) in [6, 6.07) is 13.3. The molecular formula is C19H17N5O2. The summed E-state index contributed by atoms with van der Waals surface area (Å²) in [7, 11) is 1.63. The molecule has 1 amide bonds. The van der Waals surface area contributed by atoms with Crippen LogP contribution in [0.15, 0.2) is 48.7 Å². The van der Waals surface area contributed by atoms with Crippen molar-refractivity contribution in [3.8, 4) is 17.0 Å². The van der Waals surface area contributed by atoms with Gasteiger partial charge in [0.1, 0.15) is 5.75 Å². The molecule has 26 heavy (non-hydrogen) atoms. The minimum Gasteiger partial charge on any atom is -0.497 e. The Balaban J connectivity index is 1.70. The molecule has 0 aliphatic carbocycles. The van der Waals surface area contributed by atoms with E-state index in [1.807, 2.05) is 42.5 Å². The van der Waals surface area contributed by atoms with Crippen LogP contribution in [0, 0.1) is 0 Å². The van der Waals surface area contributed by atoms with E-state index in [0.717, 1.165) is 28.3 Å². The number of nitrogens with one attached hydrogen (secondary N) is 2. The SMILES string of the molecule is COc1ccc(Nc2ccc3c(c2)NC(=O)Cc2cnc(N)nc2-3)cc1. The molecule has 0 bridgehead atoms. The summed E-state index contributed by atoms with van der Waals surface area (Å²) in [6.07, 6.45) is 1.82. The van der Waals surface area contributed by atoms with Crippen LogP contribution >= 0.6 is 0 Å². The molecule has 2 aromatic carbocycles. The highest BCUT2D eigenvalue weighted by molar-refractivity contribution is 6.00. The molecule has 0 atom stereocenters. The Morgan fingerprint density at radius 3 is 2.69 bits per heavy atom. The summed E-state index contributed by atoms with van der Waals surface area (Å²) >= 11 is 0. The third kappa shape index (κ3) is 3.02. The van der Waals surface area contributed by atoms with Gasteiger partial charge in [-0.1, -0.05) is 0 Å². The minimum absolute atomic E-state index is 0.111. The van der Waals surface area contributed by atoms with Crippen molar-refractivity contribution in [3.63, 3.8) is 0 Å². The Hall–Kier alpha value is -3.61. The van der Waals surface area contributed by atoms with E-state index in [9.17, 15) is 4.79 Å². The van der Waals surface area contributed by atoms with Crippen LogP contribution in [0.5, 0.6) is 5.75 Å². The summed E-state index contributed by atoms with van der Waals surface area (Å²) < 4.78 is 5.16. The van der Waals surface area contributed by atoms with Crippen molar-refractivity contribution in [3.05, 3.63) is 54.2 Å². The van der Waals surface area contributed by atoms with Gasteiger partial charge in [0.2, 0.25) is 11.9 Å². The lowest BCUT2D eigenvalue weighted by molar-refractivity contribution is -0.115. The highest BCUT2D eigenvalue weighted by Gasteiger charge is 2.21. The van der Waals surface area contributed by atoms with Crippen molar-refractivity contribution in [2.75, 3.05) is 23.5 Å². The van der Waals surface area contributed by atoms with E-state index in [4.69, 9.17) is 10.5 Å². The summed E-state index contributed by atoms with van der Waals surface area (Å²) in [5.41, 5.74) is 10.4. The number of methoxy groups -OCH3 is 1. The zero-order chi connectivity index (χ0) is 18.1. The standard InChI is InChI=1S/C19H17N5O2/c1-26-14-5-2-12(3-6-14)22-13-4-7-15-16(9-13)23-17(25)8-11-10-21-19(20)24-18(11)15/h2-7,9-10,22H,8H2,1H3,(H,23,25)(H2,20,21,24). The average Bonchev–Trinajstić information content (AvgIpc) is 2.77. The fourth-order valence-corrected chi connectivity index (χ4v) is 2.92. The van der Waals surface area contributed by atoms with E-state index in [1.54, 1.807) is 13.3 Å². The van der Waals surface area contributed by atoms with Crippen molar-refractivity contribution >= 4 is 28.9 Å². The number of ether oxygens (including phenoxy) is 1. The number of nitrogens with zero attached hydrogens (tertiary/aromatic N) is 2. The maximum Gasteiger partial charge on any atom is 0.228 e. The van der Waals surface area contributed by atoms with Gasteiger partial charge in [0, 0.05) is 28.7 Å². The van der Waals surface area contributed by atoms with Gasteiger partial charge in [-0.15, -0.1) is 0 Å². The van der Waals surface area contributed by atoms with Gasteiger partial charge in [-0.3, -0.25) is 4.79 Å². The molecule has 4 N–H and O–H groups in total. The Bertz CT molecular complexity index is 986. The van der Waals surface area contributed by atoms with Gasteiger partial charge in [-0.2, -0.15) is 0 Å². The second kappa shape index (κ2) is 6.36. The monoisotopic (exact) mass is 347 g/mol. The molecular weight excluding hydrogens is 330 g/mol. The molecule has 1 aliphatic heterocycles. The number of benzene rings is 2. The molecule has 4 rings (SSSR count). The second-order valence-corrected chi connectivity index (χ2v) is 5.94. The van der Waals surface area contributed by atoms with E-state index in [1.165, 1.54) is 0 Å². The highest BCUT2D eigenvalue weighted by Crippen LogP contribution is 2.35. The van der Waals surface area contributed by atoms with Crippen LogP contribution in [0.2, 0.25) is 0 Å². The first kappa shape index (κ1) is 15.9. The van der Waals surface area contributed by atoms with Crippen molar-refractivity contribution < 1.29 is 9.53 Å². The van der Waals surface area contributed by atoms with Gasteiger partial charge in [0.05, 0.1) is 24.9 Å². The molecule has 7 heteroatoms. The normalized spacial score (nSPS) is 12.4. The second-order valence-electron chi connectivity index (χ2n) is 5.94. The largest absolute Gasteiger partial charge is 0.497 e. The first-order valence-corrected chi connectivity index (χ1v) is 8.09. The van der Waals surface area contributed by atoms with Gasteiger partial charge in [0.15, 0.2) is 0 Å². The quantitative estimate of drug-likeness (QED) is 0.673. The number of anilines is 4. The number of fused-ring (bicyclic) bond motifs is 3. The lowest BCUT2D eigenvalue weighted by Crippen LogP contribution is -2.13. The number of carbonyl (C=O) groups is 1. The summed E-state index contributed by atoms with van der Waals surface area (Å²) in [5, 5.41) is 6.24. The molecule has 0 unspecified atom stereocenters. The number of hydrogen-bond donors (Lipinski definition) is 3. The number of rotatable bonds is 3. The number of carbonyl (C=O) groups excluding carboxylic acids is 1. The zero-order valence-corrected chi connectivity index (χ0v) is 14.1. The topological polar surface area (TPSA) is 102 Å². The molecule has 0 fully saturated rings. The lowest BCUT2D eigenvalue weighted by Gasteiger charge is -2.12. The fraction of sp³-hybridized carbons (Fsp3) is 0.105. The molecule has 2 heterocycles. The molecule has 0 spiro atoms. The number of hydrogen-bond acceptors (Lipinski definition) is 6. The summed E-state index contributed by atoms with van der Waals surface area (Å²) in [4.78, 5) is 20.5. The van der Waals surface area contributed by atoms with Crippen LogP contribution in [0.4, 0.5) is 23.0 Å². The number of nitrogens with two attached hydrogens (primary N) is 1. The predicted octanol–water partition coefficient (Wildman–Crippen LogP) is 2.97. The summed E-state index contributed by atoms with van der Waals surface area (Å²) in [5.74, 6) is 0.864. The molecule has 0 saturated carbocycles. The molecule has 7 nitrogen and oxygen atoms in total. The van der Waals surface area contributed by atoms with E-state index < -0.39 is 0 Å². The van der Waals surface area contributed by atoms with Crippen molar-refractivity contribution in [2.45, 2.75) is 6.42 Å². The van der Waals surface area contributed by atoms with E-state index in [2.05, 4.69) is 20.6 Å². The lowest BCUT2D eigenvalue weighted by atomic mass is 10.0. The maximum absolute atomic E-state index is 12.2. The van der Waals surface area contributed by atoms with Gasteiger partial charge in [0.25, 0.3) is 0 Å². The van der Waals surface area contributed by atoms with Crippen LogP contribution in [-0.2, 0) is 11.2 Å². The van der Waals surface area contributed by atoms with Crippen LogP contribution in [-0.4, -0.2) is 23.0 Å². The van der Waals surface area contributed by atoms with E-state index in [-0.39, 0.29) is 18.3 Å². The molecule has 1 aromatic heterocycles. The van der Waals surface area contributed by atoms with Crippen molar-refractivity contribution in [2.24, 2.45) is 0 Å². The average molecular weight is 347 g/mol. The van der Waals surface area contributed by atoms with Gasteiger partial charge >= 0.3 is 0 Å². The number of nitrogen functional groups attached to an aromatic ring is 1. The number of amides is 1. The van der Waals surface area contributed by atoms with Crippen LogP contribution in [0.25, 0.3) is 11.3 Å². The van der Waals surface area contributed by atoms with E-state index >= 15 is 0 Å². The van der Waals surface area contributed by atoms with Crippen molar-refractivity contribution in [1.29, 1.82) is 0 Å². The molecule has 0 radical (unpaired) electrons. The number of aromatic nitrogens is 2. The third-order valence-electron chi connectivity index (χ3n) is 4.16.